The third kappa shape index (κ3) is 8.29. The minimum Gasteiger partial charge on any atom is -0.300 e. The van der Waals surface area contributed by atoms with Crippen LogP contribution in [0.15, 0.2) is 24.3 Å². The summed E-state index contributed by atoms with van der Waals surface area (Å²) in [5.74, 6) is 1.44. The highest BCUT2D eigenvalue weighted by Gasteiger charge is 2.22. The molecule has 156 valence electrons. The van der Waals surface area contributed by atoms with Crippen LogP contribution in [-0.2, 0) is 4.79 Å². The number of hydrogen-bond donors (Lipinski definition) is 0. The van der Waals surface area contributed by atoms with Crippen LogP contribution in [0.1, 0.15) is 126 Å². The lowest BCUT2D eigenvalue weighted by molar-refractivity contribution is -0.116. The number of rotatable bonds is 13. The molecule has 0 aliphatic heterocycles. The molecule has 1 saturated carbocycles. The van der Waals surface area contributed by atoms with Crippen LogP contribution in [0.25, 0.3) is 0 Å². The number of hydrogen-bond acceptors (Lipinski definition) is 2. The molecular weight excluding hydrogens is 344 g/mol. The van der Waals surface area contributed by atoms with E-state index in [1.807, 2.05) is 12.1 Å². The molecule has 0 spiro atoms. The summed E-state index contributed by atoms with van der Waals surface area (Å²) in [5.41, 5.74) is 2.03. The molecule has 0 saturated heterocycles. The summed E-state index contributed by atoms with van der Waals surface area (Å²) in [4.78, 5) is 23.1. The van der Waals surface area contributed by atoms with E-state index in [2.05, 4.69) is 19.1 Å². The van der Waals surface area contributed by atoms with Crippen molar-refractivity contribution in [3.63, 3.8) is 0 Å². The molecule has 0 bridgehead atoms. The molecular formula is C26H40O2. The largest absolute Gasteiger partial charge is 0.300 e. The van der Waals surface area contributed by atoms with E-state index in [1.54, 1.807) is 0 Å². The Balaban J connectivity index is 1.62. The van der Waals surface area contributed by atoms with E-state index in [9.17, 15) is 9.59 Å². The second-order valence-corrected chi connectivity index (χ2v) is 8.91. The fourth-order valence-electron chi connectivity index (χ4n) is 4.62. The highest BCUT2D eigenvalue weighted by atomic mass is 16.1. The lowest BCUT2D eigenvalue weighted by Crippen LogP contribution is -2.13. The molecule has 2 rings (SSSR count). The first-order valence-corrected chi connectivity index (χ1v) is 11.7. The molecule has 0 radical (unpaired) electrons. The van der Waals surface area contributed by atoms with Crippen molar-refractivity contribution in [2.24, 2.45) is 5.92 Å². The smallest absolute Gasteiger partial charge is 0.170 e. The zero-order chi connectivity index (χ0) is 20.2. The summed E-state index contributed by atoms with van der Waals surface area (Å²) < 4.78 is 0. The van der Waals surface area contributed by atoms with Gasteiger partial charge in [0.15, 0.2) is 5.78 Å². The normalized spacial score (nSPS) is 19.5. The molecule has 2 heteroatoms. The molecule has 28 heavy (non-hydrogen) atoms. The van der Waals surface area contributed by atoms with Crippen molar-refractivity contribution >= 4 is 11.6 Å². The number of carbonyl (C=O) groups excluding carboxylic acids is 2. The minimum atomic E-state index is -0.0658. The standard InChI is InChI=1S/C26H40O2/c1-3-4-5-6-7-8-9-10-11-22-12-14-23(15-13-22)24-16-18-25(19-17-24)26(28)20-21(2)27/h16-19,22-23H,3-15,20H2,1-2H3/t22-,23-. The summed E-state index contributed by atoms with van der Waals surface area (Å²) in [6.07, 6.45) is 18.0. The van der Waals surface area contributed by atoms with Gasteiger partial charge in [-0.15, -0.1) is 0 Å². The van der Waals surface area contributed by atoms with Crippen LogP contribution in [0, 0.1) is 5.92 Å². The van der Waals surface area contributed by atoms with Gasteiger partial charge in [0.2, 0.25) is 0 Å². The Morgan fingerprint density at radius 2 is 1.39 bits per heavy atom. The van der Waals surface area contributed by atoms with Crippen molar-refractivity contribution in [1.82, 2.24) is 0 Å². The third-order valence-electron chi connectivity index (χ3n) is 6.43. The monoisotopic (exact) mass is 384 g/mol. The first-order valence-electron chi connectivity index (χ1n) is 11.7. The minimum absolute atomic E-state index is 0.0171. The third-order valence-corrected chi connectivity index (χ3v) is 6.43. The first kappa shape index (κ1) is 22.8. The molecule has 0 heterocycles. The molecule has 0 unspecified atom stereocenters. The highest BCUT2D eigenvalue weighted by molar-refractivity contribution is 6.07. The van der Waals surface area contributed by atoms with E-state index < -0.39 is 0 Å². The predicted octanol–water partition coefficient (Wildman–Crippen LogP) is 7.65. The topological polar surface area (TPSA) is 34.1 Å². The van der Waals surface area contributed by atoms with Gasteiger partial charge >= 0.3 is 0 Å². The summed E-state index contributed by atoms with van der Waals surface area (Å²) in [5, 5.41) is 0. The molecule has 0 aromatic heterocycles. The number of ketones is 2. The van der Waals surface area contributed by atoms with Gasteiger partial charge < -0.3 is 0 Å². The Kier molecular flexibility index (Phi) is 10.5. The van der Waals surface area contributed by atoms with Gasteiger partial charge in [0.25, 0.3) is 0 Å². The van der Waals surface area contributed by atoms with Crippen LogP contribution in [0.2, 0.25) is 0 Å². The van der Waals surface area contributed by atoms with Gasteiger partial charge in [-0.2, -0.15) is 0 Å². The molecule has 1 aliphatic carbocycles. The average Bonchev–Trinajstić information content (AvgIpc) is 2.70. The van der Waals surface area contributed by atoms with Crippen LogP contribution >= 0.6 is 0 Å². The van der Waals surface area contributed by atoms with E-state index in [0.29, 0.717) is 11.5 Å². The predicted molar refractivity (Wildman–Crippen MR) is 118 cm³/mol. The number of carbonyl (C=O) groups is 2. The number of unbranched alkanes of at least 4 members (excludes halogenated alkanes) is 7. The Labute approximate surface area is 172 Å². The molecule has 1 aliphatic rings. The molecule has 0 amide bonds. The molecule has 0 N–H and O–H groups in total. The summed E-state index contributed by atoms with van der Waals surface area (Å²) in [7, 11) is 0. The Hall–Kier alpha value is -1.44. The molecule has 0 atom stereocenters. The summed E-state index contributed by atoms with van der Waals surface area (Å²) in [6, 6.07) is 8.04. The lowest BCUT2D eigenvalue weighted by atomic mass is 9.77. The zero-order valence-electron chi connectivity index (χ0n) is 18.2. The Morgan fingerprint density at radius 1 is 0.821 bits per heavy atom. The fourth-order valence-corrected chi connectivity index (χ4v) is 4.62. The molecule has 2 nitrogen and oxygen atoms in total. The SMILES string of the molecule is CCCCCCCCCC[C@H]1CC[C@H](c2ccc(C(=O)CC(C)=O)cc2)CC1. The maximum atomic E-state index is 12.0. The van der Waals surface area contributed by atoms with E-state index in [-0.39, 0.29) is 18.0 Å². The highest BCUT2D eigenvalue weighted by Crippen LogP contribution is 2.37. The Bertz CT molecular complexity index is 579. The number of benzene rings is 1. The van der Waals surface area contributed by atoms with Gasteiger partial charge in [-0.25, -0.2) is 0 Å². The van der Waals surface area contributed by atoms with Crippen LogP contribution in [0.3, 0.4) is 0 Å². The van der Waals surface area contributed by atoms with E-state index in [0.717, 1.165) is 5.92 Å². The Morgan fingerprint density at radius 3 is 1.96 bits per heavy atom. The van der Waals surface area contributed by atoms with Crippen molar-refractivity contribution in [3.8, 4) is 0 Å². The average molecular weight is 385 g/mol. The van der Waals surface area contributed by atoms with Crippen LogP contribution in [0.4, 0.5) is 0 Å². The van der Waals surface area contributed by atoms with Crippen LogP contribution in [-0.4, -0.2) is 11.6 Å². The lowest BCUT2D eigenvalue weighted by Gasteiger charge is -2.29. The van der Waals surface area contributed by atoms with Gasteiger partial charge in [-0.1, -0.05) is 89.0 Å². The van der Waals surface area contributed by atoms with Crippen molar-refractivity contribution in [2.75, 3.05) is 0 Å². The van der Waals surface area contributed by atoms with Gasteiger partial charge in [0.05, 0.1) is 6.42 Å². The van der Waals surface area contributed by atoms with Crippen LogP contribution in [0.5, 0.6) is 0 Å². The maximum absolute atomic E-state index is 12.0. The van der Waals surface area contributed by atoms with E-state index in [1.165, 1.54) is 96.0 Å². The summed E-state index contributed by atoms with van der Waals surface area (Å²) in [6.45, 7) is 3.75. The molecule has 1 aromatic rings. The maximum Gasteiger partial charge on any atom is 0.170 e. The van der Waals surface area contributed by atoms with Gasteiger partial charge in [0.1, 0.15) is 5.78 Å². The van der Waals surface area contributed by atoms with Crippen molar-refractivity contribution < 1.29 is 9.59 Å². The zero-order valence-corrected chi connectivity index (χ0v) is 18.2. The van der Waals surface area contributed by atoms with Crippen LogP contribution < -0.4 is 0 Å². The second kappa shape index (κ2) is 12.9. The molecule has 1 aromatic carbocycles. The summed E-state index contributed by atoms with van der Waals surface area (Å²) >= 11 is 0. The van der Waals surface area contributed by atoms with Gasteiger partial charge in [0, 0.05) is 5.56 Å². The molecule has 1 fully saturated rings. The van der Waals surface area contributed by atoms with Gasteiger partial charge in [-0.3, -0.25) is 9.59 Å². The first-order chi connectivity index (χ1) is 13.6. The quantitative estimate of drug-likeness (QED) is 0.199. The van der Waals surface area contributed by atoms with E-state index in [4.69, 9.17) is 0 Å². The second-order valence-electron chi connectivity index (χ2n) is 8.91. The van der Waals surface area contributed by atoms with E-state index >= 15 is 0 Å². The number of Topliss-reactive ketones (excluding diaryl/α,β-unsaturated/α-hetero) is 2. The van der Waals surface area contributed by atoms with Crippen molar-refractivity contribution in [2.45, 2.75) is 110 Å². The van der Waals surface area contributed by atoms with Gasteiger partial charge in [-0.05, 0) is 50.0 Å². The van der Waals surface area contributed by atoms with Crippen molar-refractivity contribution in [1.29, 1.82) is 0 Å². The fraction of sp³-hybridized carbons (Fsp3) is 0.692. The van der Waals surface area contributed by atoms with Crippen molar-refractivity contribution in [3.05, 3.63) is 35.4 Å².